The van der Waals surface area contributed by atoms with Crippen LogP contribution in [0.25, 0.3) is 16.9 Å². The predicted octanol–water partition coefficient (Wildman–Crippen LogP) is 4.45. The van der Waals surface area contributed by atoms with Crippen molar-refractivity contribution in [2.24, 2.45) is 0 Å². The molecule has 0 bridgehead atoms. The van der Waals surface area contributed by atoms with Gasteiger partial charge in [-0.1, -0.05) is 13.3 Å². The number of methoxy groups -OCH3 is 1. The Morgan fingerprint density at radius 2 is 2.03 bits per heavy atom. The molecule has 1 saturated heterocycles. The SMILES string of the molecule is CCCC(c1cc(-c2nn(-c3cnc(OC)c(F)c3)c3c2CCOCC3)ccn1)N1CCCCC1=O. The number of rotatable bonds is 7. The molecule has 0 N–H and O–H groups in total. The summed E-state index contributed by atoms with van der Waals surface area (Å²) in [6, 6.07) is 5.36. The van der Waals surface area contributed by atoms with E-state index in [0.29, 0.717) is 38.2 Å². The number of nitrogens with zero attached hydrogens (tertiary/aromatic N) is 5. The van der Waals surface area contributed by atoms with E-state index in [1.54, 1.807) is 17.1 Å². The van der Waals surface area contributed by atoms with Gasteiger partial charge in [-0.05, 0) is 37.8 Å². The topological polar surface area (TPSA) is 82.4 Å². The third-order valence-corrected chi connectivity index (χ3v) is 6.99. The summed E-state index contributed by atoms with van der Waals surface area (Å²) in [5, 5.41) is 4.95. The first-order valence-corrected chi connectivity index (χ1v) is 12.7. The quantitative estimate of drug-likeness (QED) is 0.484. The number of carbonyl (C=O) groups is 1. The van der Waals surface area contributed by atoms with Crippen molar-refractivity contribution in [2.75, 3.05) is 26.9 Å². The molecule has 1 amide bonds. The summed E-state index contributed by atoms with van der Waals surface area (Å²) < 4.78 is 27.0. The first-order valence-electron chi connectivity index (χ1n) is 12.7. The van der Waals surface area contributed by atoms with E-state index in [1.165, 1.54) is 13.2 Å². The van der Waals surface area contributed by atoms with Crippen molar-refractivity contribution in [1.82, 2.24) is 24.6 Å². The molecular formula is C27H32FN5O3. The monoisotopic (exact) mass is 493 g/mol. The van der Waals surface area contributed by atoms with E-state index in [2.05, 4.69) is 18.0 Å². The first kappa shape index (κ1) is 24.4. The number of likely N-dealkylation sites (tertiary alicyclic amines) is 1. The Morgan fingerprint density at radius 1 is 1.17 bits per heavy atom. The van der Waals surface area contributed by atoms with Gasteiger partial charge in [0.15, 0.2) is 5.82 Å². The molecule has 0 saturated carbocycles. The van der Waals surface area contributed by atoms with Gasteiger partial charge in [-0.3, -0.25) is 9.78 Å². The molecule has 190 valence electrons. The lowest BCUT2D eigenvalue weighted by atomic mass is 9.98. The second-order valence-corrected chi connectivity index (χ2v) is 9.30. The fourth-order valence-electron chi connectivity index (χ4n) is 5.25. The van der Waals surface area contributed by atoms with Gasteiger partial charge in [0.05, 0.1) is 55.3 Å². The van der Waals surface area contributed by atoms with Crippen LogP contribution in [0.2, 0.25) is 0 Å². The third kappa shape index (κ3) is 4.72. The van der Waals surface area contributed by atoms with Gasteiger partial charge in [0.2, 0.25) is 11.8 Å². The van der Waals surface area contributed by atoms with Gasteiger partial charge >= 0.3 is 0 Å². The molecule has 1 unspecified atom stereocenters. The van der Waals surface area contributed by atoms with E-state index >= 15 is 0 Å². The Kier molecular flexibility index (Phi) is 7.27. The maximum absolute atomic E-state index is 14.5. The minimum Gasteiger partial charge on any atom is -0.479 e. The predicted molar refractivity (Wildman–Crippen MR) is 133 cm³/mol. The fraction of sp³-hybridized carbons (Fsp3) is 0.481. The highest BCUT2D eigenvalue weighted by Crippen LogP contribution is 2.34. The van der Waals surface area contributed by atoms with E-state index in [9.17, 15) is 9.18 Å². The van der Waals surface area contributed by atoms with Crippen molar-refractivity contribution >= 4 is 5.91 Å². The van der Waals surface area contributed by atoms with E-state index in [-0.39, 0.29) is 17.8 Å². The molecule has 0 spiro atoms. The summed E-state index contributed by atoms with van der Waals surface area (Å²) in [6.45, 7) is 4.07. The normalized spacial score (nSPS) is 17.0. The van der Waals surface area contributed by atoms with Crippen molar-refractivity contribution < 1.29 is 18.7 Å². The number of hydrogen-bond donors (Lipinski definition) is 0. The van der Waals surface area contributed by atoms with Crippen molar-refractivity contribution in [2.45, 2.75) is 57.9 Å². The molecule has 0 aromatic carbocycles. The van der Waals surface area contributed by atoms with Crippen LogP contribution >= 0.6 is 0 Å². The molecule has 0 radical (unpaired) electrons. The molecule has 9 heteroatoms. The highest BCUT2D eigenvalue weighted by Gasteiger charge is 2.29. The van der Waals surface area contributed by atoms with E-state index in [0.717, 1.165) is 60.4 Å². The Labute approximate surface area is 210 Å². The Hall–Kier alpha value is -3.33. The van der Waals surface area contributed by atoms with Crippen LogP contribution in [0.1, 0.15) is 62.0 Å². The van der Waals surface area contributed by atoms with E-state index < -0.39 is 5.82 Å². The summed E-state index contributed by atoms with van der Waals surface area (Å²) in [4.78, 5) is 23.5. The lowest BCUT2D eigenvalue weighted by Crippen LogP contribution is -2.38. The van der Waals surface area contributed by atoms with Gasteiger partial charge in [-0.15, -0.1) is 0 Å². The van der Waals surface area contributed by atoms with Crippen molar-refractivity contribution in [3.8, 4) is 22.8 Å². The Balaban J connectivity index is 1.57. The van der Waals surface area contributed by atoms with Gasteiger partial charge in [-0.2, -0.15) is 5.10 Å². The minimum absolute atomic E-state index is 0.0476. The van der Waals surface area contributed by atoms with Crippen LogP contribution in [0, 0.1) is 5.82 Å². The lowest BCUT2D eigenvalue weighted by Gasteiger charge is -2.34. The number of amides is 1. The van der Waals surface area contributed by atoms with E-state index in [1.807, 2.05) is 11.0 Å². The molecule has 5 heterocycles. The molecular weight excluding hydrogens is 461 g/mol. The zero-order valence-corrected chi connectivity index (χ0v) is 20.9. The van der Waals surface area contributed by atoms with Gasteiger partial charge in [0, 0.05) is 42.8 Å². The highest BCUT2D eigenvalue weighted by atomic mass is 19.1. The zero-order chi connectivity index (χ0) is 25.1. The minimum atomic E-state index is -0.537. The smallest absolute Gasteiger partial charge is 0.250 e. The number of hydrogen-bond acceptors (Lipinski definition) is 6. The summed E-state index contributed by atoms with van der Waals surface area (Å²) >= 11 is 0. The summed E-state index contributed by atoms with van der Waals surface area (Å²) in [7, 11) is 1.39. The Morgan fingerprint density at radius 3 is 2.81 bits per heavy atom. The zero-order valence-electron chi connectivity index (χ0n) is 20.9. The second kappa shape index (κ2) is 10.7. The van der Waals surface area contributed by atoms with Crippen LogP contribution in [-0.2, 0) is 22.4 Å². The van der Waals surface area contributed by atoms with Crippen molar-refractivity contribution in [1.29, 1.82) is 0 Å². The highest BCUT2D eigenvalue weighted by molar-refractivity contribution is 5.77. The molecule has 5 rings (SSSR count). The number of carbonyl (C=O) groups excluding carboxylic acids is 1. The molecule has 3 aromatic heterocycles. The van der Waals surface area contributed by atoms with Crippen LogP contribution in [0.4, 0.5) is 4.39 Å². The lowest BCUT2D eigenvalue weighted by molar-refractivity contribution is -0.136. The van der Waals surface area contributed by atoms with Crippen LogP contribution in [0.15, 0.2) is 30.6 Å². The fourth-order valence-corrected chi connectivity index (χ4v) is 5.25. The Bertz CT molecular complexity index is 1240. The average molecular weight is 494 g/mol. The average Bonchev–Trinajstić information content (AvgIpc) is 3.08. The molecule has 0 aliphatic carbocycles. The van der Waals surface area contributed by atoms with Crippen LogP contribution in [0.3, 0.4) is 0 Å². The maximum Gasteiger partial charge on any atom is 0.250 e. The largest absolute Gasteiger partial charge is 0.479 e. The van der Waals surface area contributed by atoms with Gasteiger partial charge in [0.1, 0.15) is 0 Å². The van der Waals surface area contributed by atoms with Gasteiger partial charge < -0.3 is 14.4 Å². The van der Waals surface area contributed by atoms with E-state index in [4.69, 9.17) is 19.6 Å². The van der Waals surface area contributed by atoms with Crippen LogP contribution in [-0.4, -0.2) is 57.4 Å². The van der Waals surface area contributed by atoms with Gasteiger partial charge in [0.25, 0.3) is 0 Å². The van der Waals surface area contributed by atoms with Crippen LogP contribution in [0.5, 0.6) is 5.88 Å². The summed E-state index contributed by atoms with van der Waals surface area (Å²) in [5.41, 5.74) is 5.26. The van der Waals surface area contributed by atoms with Crippen molar-refractivity contribution in [3.05, 3.63) is 53.4 Å². The standard InChI is InChI=1S/C27H32FN5O3/c1-3-6-24(32-12-5-4-7-25(32)34)22-15-18(8-11-29-22)26-20-9-13-36-14-10-23(20)33(31-26)19-16-21(28)27(35-2)30-17-19/h8,11,15-17,24H,3-7,9-10,12-14H2,1-2H3. The van der Waals surface area contributed by atoms with Crippen LogP contribution < -0.4 is 4.74 Å². The molecule has 3 aromatic rings. The number of piperidine rings is 1. The number of ether oxygens (including phenoxy) is 2. The molecule has 2 aliphatic heterocycles. The first-order chi connectivity index (χ1) is 17.6. The number of fused-ring (bicyclic) bond motifs is 1. The van der Waals surface area contributed by atoms with Gasteiger partial charge in [-0.25, -0.2) is 14.1 Å². The molecule has 2 aliphatic rings. The molecule has 1 atom stereocenters. The van der Waals surface area contributed by atoms with Crippen molar-refractivity contribution in [3.63, 3.8) is 0 Å². The molecule has 1 fully saturated rings. The second-order valence-electron chi connectivity index (χ2n) is 9.30. The molecule has 36 heavy (non-hydrogen) atoms. The summed E-state index contributed by atoms with van der Waals surface area (Å²) in [6.07, 6.45) is 9.13. The number of aromatic nitrogens is 4. The third-order valence-electron chi connectivity index (χ3n) is 6.99. The number of halogens is 1. The maximum atomic E-state index is 14.5. The molecule has 8 nitrogen and oxygen atoms in total. The summed E-state index contributed by atoms with van der Waals surface area (Å²) in [5.74, 6) is -0.379. The number of pyridine rings is 2.